The number of rotatable bonds is 10. The molecule has 0 fully saturated rings. The molecule has 2 aromatic carbocycles. The van der Waals surface area contributed by atoms with E-state index in [-0.39, 0.29) is 0 Å². The number of anilines is 1. The summed E-state index contributed by atoms with van der Waals surface area (Å²) in [5.41, 5.74) is 6.90. The molecule has 1 N–H and O–H groups in total. The van der Waals surface area contributed by atoms with Crippen LogP contribution in [0.3, 0.4) is 0 Å². The minimum atomic E-state index is 0.413. The van der Waals surface area contributed by atoms with E-state index in [0.717, 1.165) is 30.7 Å². The molecule has 0 bridgehead atoms. The molecule has 0 aliphatic heterocycles. The standard InChI is InChI=1S/C28H37N3/c1-6-31(7-2)18-8-9-23(5)29-28-20-25(16-15-24-13-10-21(3)11-14-24)30-27-19-22(4)12-17-26(27)28/h10-17,19-20,23H,6-9,18H2,1-5H3,(H,29,30)/b16-15+. The van der Waals surface area contributed by atoms with E-state index < -0.39 is 0 Å². The Kier molecular flexibility index (Phi) is 8.25. The van der Waals surface area contributed by atoms with Gasteiger partial charge >= 0.3 is 0 Å². The van der Waals surface area contributed by atoms with Gasteiger partial charge in [0.15, 0.2) is 0 Å². The maximum Gasteiger partial charge on any atom is 0.0732 e. The summed E-state index contributed by atoms with van der Waals surface area (Å²) in [6.45, 7) is 14.4. The Bertz CT molecular complexity index is 1000. The lowest BCUT2D eigenvalue weighted by Gasteiger charge is -2.21. The van der Waals surface area contributed by atoms with Crippen molar-refractivity contribution in [2.75, 3.05) is 25.0 Å². The smallest absolute Gasteiger partial charge is 0.0732 e. The fourth-order valence-electron chi connectivity index (χ4n) is 3.92. The van der Waals surface area contributed by atoms with Gasteiger partial charge in [-0.05, 0) is 82.6 Å². The lowest BCUT2D eigenvalue weighted by Crippen LogP contribution is -2.25. The number of hydrogen-bond acceptors (Lipinski definition) is 3. The Balaban J connectivity index is 1.79. The molecule has 164 valence electrons. The van der Waals surface area contributed by atoms with Gasteiger partial charge in [-0.1, -0.05) is 61.9 Å². The zero-order chi connectivity index (χ0) is 22.2. The van der Waals surface area contributed by atoms with Gasteiger partial charge in [0.2, 0.25) is 0 Å². The summed E-state index contributed by atoms with van der Waals surface area (Å²) in [6.07, 6.45) is 6.61. The molecule has 1 heterocycles. The van der Waals surface area contributed by atoms with E-state index in [4.69, 9.17) is 4.98 Å². The first-order valence-corrected chi connectivity index (χ1v) is 11.6. The molecule has 3 heteroatoms. The lowest BCUT2D eigenvalue weighted by molar-refractivity contribution is 0.295. The molecule has 3 nitrogen and oxygen atoms in total. The summed E-state index contributed by atoms with van der Waals surface area (Å²) >= 11 is 0. The van der Waals surface area contributed by atoms with Crippen molar-refractivity contribution in [3.05, 3.63) is 70.9 Å². The number of fused-ring (bicyclic) bond motifs is 1. The van der Waals surface area contributed by atoms with Crippen molar-refractivity contribution in [1.82, 2.24) is 9.88 Å². The third kappa shape index (κ3) is 6.67. The molecule has 0 spiro atoms. The number of nitrogens with zero attached hydrogens (tertiary/aromatic N) is 2. The van der Waals surface area contributed by atoms with Gasteiger partial charge in [-0.15, -0.1) is 0 Å². The van der Waals surface area contributed by atoms with Crippen LogP contribution in [-0.4, -0.2) is 35.6 Å². The van der Waals surface area contributed by atoms with Crippen LogP contribution in [-0.2, 0) is 0 Å². The van der Waals surface area contributed by atoms with E-state index in [9.17, 15) is 0 Å². The van der Waals surface area contributed by atoms with E-state index >= 15 is 0 Å². The van der Waals surface area contributed by atoms with Gasteiger partial charge in [0.1, 0.15) is 0 Å². The molecule has 1 unspecified atom stereocenters. The minimum absolute atomic E-state index is 0.413. The highest BCUT2D eigenvalue weighted by Crippen LogP contribution is 2.26. The van der Waals surface area contributed by atoms with E-state index in [1.165, 1.54) is 40.7 Å². The second kappa shape index (κ2) is 11.1. The topological polar surface area (TPSA) is 28.2 Å². The average Bonchev–Trinajstić information content (AvgIpc) is 2.76. The highest BCUT2D eigenvalue weighted by molar-refractivity contribution is 5.93. The number of aromatic nitrogens is 1. The Morgan fingerprint density at radius 2 is 1.65 bits per heavy atom. The number of benzene rings is 2. The van der Waals surface area contributed by atoms with Crippen molar-refractivity contribution in [3.63, 3.8) is 0 Å². The van der Waals surface area contributed by atoms with E-state index in [1.807, 2.05) is 0 Å². The van der Waals surface area contributed by atoms with E-state index in [0.29, 0.717) is 6.04 Å². The normalized spacial score (nSPS) is 12.7. The zero-order valence-corrected chi connectivity index (χ0v) is 19.8. The third-order valence-corrected chi connectivity index (χ3v) is 5.92. The first kappa shape index (κ1) is 23.0. The van der Waals surface area contributed by atoms with Crippen LogP contribution in [0.25, 0.3) is 23.1 Å². The van der Waals surface area contributed by atoms with Crippen LogP contribution >= 0.6 is 0 Å². The van der Waals surface area contributed by atoms with Crippen molar-refractivity contribution in [1.29, 1.82) is 0 Å². The van der Waals surface area contributed by atoms with Crippen molar-refractivity contribution in [3.8, 4) is 0 Å². The first-order chi connectivity index (χ1) is 15.0. The second-order valence-electron chi connectivity index (χ2n) is 8.57. The van der Waals surface area contributed by atoms with E-state index in [1.54, 1.807) is 0 Å². The van der Waals surface area contributed by atoms with Gasteiger partial charge < -0.3 is 10.2 Å². The Hall–Kier alpha value is -2.65. The van der Waals surface area contributed by atoms with Gasteiger partial charge in [0, 0.05) is 17.1 Å². The summed E-state index contributed by atoms with van der Waals surface area (Å²) in [6, 6.07) is 17.7. The molecule has 0 amide bonds. The highest BCUT2D eigenvalue weighted by Gasteiger charge is 2.09. The van der Waals surface area contributed by atoms with Crippen LogP contribution in [0.15, 0.2) is 48.5 Å². The summed E-state index contributed by atoms with van der Waals surface area (Å²) in [5.74, 6) is 0. The van der Waals surface area contributed by atoms with Crippen molar-refractivity contribution < 1.29 is 0 Å². The predicted molar refractivity (Wildman–Crippen MR) is 137 cm³/mol. The fourth-order valence-corrected chi connectivity index (χ4v) is 3.92. The molecule has 3 rings (SSSR count). The molecule has 1 aromatic heterocycles. The maximum atomic E-state index is 4.91. The maximum absolute atomic E-state index is 4.91. The summed E-state index contributed by atoms with van der Waals surface area (Å²) in [4.78, 5) is 7.40. The van der Waals surface area contributed by atoms with Crippen LogP contribution in [0.5, 0.6) is 0 Å². The fraction of sp³-hybridized carbons (Fsp3) is 0.393. The second-order valence-corrected chi connectivity index (χ2v) is 8.57. The molecule has 0 saturated carbocycles. The van der Waals surface area contributed by atoms with Crippen LogP contribution in [0.2, 0.25) is 0 Å². The number of pyridine rings is 1. The quantitative estimate of drug-likeness (QED) is 0.388. The average molecular weight is 416 g/mol. The summed E-state index contributed by atoms with van der Waals surface area (Å²) in [7, 11) is 0. The SMILES string of the molecule is CCN(CC)CCCC(C)Nc1cc(/C=C/c2ccc(C)cc2)nc2cc(C)ccc12. The van der Waals surface area contributed by atoms with E-state index in [2.05, 4.69) is 106 Å². The predicted octanol–water partition coefficient (Wildman–Crippen LogP) is 6.94. The molecule has 0 saturated heterocycles. The third-order valence-electron chi connectivity index (χ3n) is 5.92. The Morgan fingerprint density at radius 1 is 0.935 bits per heavy atom. The molecule has 0 aliphatic rings. The van der Waals surface area contributed by atoms with Crippen LogP contribution in [0, 0.1) is 13.8 Å². The summed E-state index contributed by atoms with van der Waals surface area (Å²) < 4.78 is 0. The van der Waals surface area contributed by atoms with Crippen molar-refractivity contribution in [2.24, 2.45) is 0 Å². The number of nitrogens with one attached hydrogen (secondary N) is 1. The molecule has 31 heavy (non-hydrogen) atoms. The van der Waals surface area contributed by atoms with Gasteiger partial charge in [0.25, 0.3) is 0 Å². The monoisotopic (exact) mass is 415 g/mol. The van der Waals surface area contributed by atoms with Crippen molar-refractivity contribution in [2.45, 2.75) is 53.5 Å². The van der Waals surface area contributed by atoms with Gasteiger partial charge in [-0.25, -0.2) is 4.98 Å². The van der Waals surface area contributed by atoms with Crippen LogP contribution < -0.4 is 5.32 Å². The first-order valence-electron chi connectivity index (χ1n) is 11.6. The van der Waals surface area contributed by atoms with Gasteiger partial charge in [0.05, 0.1) is 11.2 Å². The van der Waals surface area contributed by atoms with Gasteiger partial charge in [-0.3, -0.25) is 0 Å². The zero-order valence-electron chi connectivity index (χ0n) is 19.8. The van der Waals surface area contributed by atoms with Crippen LogP contribution in [0.4, 0.5) is 5.69 Å². The molecule has 1 atom stereocenters. The molecular formula is C28H37N3. The molecule has 0 radical (unpaired) electrons. The van der Waals surface area contributed by atoms with Crippen LogP contribution in [0.1, 0.15) is 56.0 Å². The Labute approximate surface area is 188 Å². The Morgan fingerprint density at radius 3 is 2.35 bits per heavy atom. The minimum Gasteiger partial charge on any atom is -0.382 e. The number of aryl methyl sites for hydroxylation is 2. The highest BCUT2D eigenvalue weighted by atomic mass is 15.1. The number of hydrogen-bond donors (Lipinski definition) is 1. The molecule has 0 aliphatic carbocycles. The molecular weight excluding hydrogens is 378 g/mol. The molecule has 3 aromatic rings. The van der Waals surface area contributed by atoms with Gasteiger partial charge in [-0.2, -0.15) is 0 Å². The van der Waals surface area contributed by atoms with Crippen molar-refractivity contribution >= 4 is 28.7 Å². The largest absolute Gasteiger partial charge is 0.382 e. The summed E-state index contributed by atoms with van der Waals surface area (Å²) in [5, 5.41) is 4.96. The lowest BCUT2D eigenvalue weighted by atomic mass is 10.1.